The van der Waals surface area contributed by atoms with E-state index < -0.39 is 24.1 Å². The second kappa shape index (κ2) is 10.1. The molecule has 2 aromatic rings. The van der Waals surface area contributed by atoms with E-state index in [1.54, 1.807) is 24.3 Å². The molecular weight excluding hydrogens is 417 g/mol. The lowest BCUT2D eigenvalue weighted by molar-refractivity contribution is -0.126. The molecule has 6 nitrogen and oxygen atoms in total. The van der Waals surface area contributed by atoms with Crippen LogP contribution in [0.4, 0.5) is 10.1 Å². The fourth-order valence-corrected chi connectivity index (χ4v) is 2.37. The van der Waals surface area contributed by atoms with Gasteiger partial charge in [0, 0.05) is 10.0 Å². The van der Waals surface area contributed by atoms with Crippen LogP contribution < -0.4 is 15.5 Å². The van der Waals surface area contributed by atoms with Crippen LogP contribution in [0.15, 0.2) is 52.0 Å². The zero-order valence-electron chi connectivity index (χ0n) is 14.0. The number of rotatable bonds is 7. The van der Waals surface area contributed by atoms with Gasteiger partial charge in [-0.15, -0.1) is 6.42 Å². The molecule has 0 heterocycles. The Morgan fingerprint density at radius 3 is 2.78 bits per heavy atom. The van der Waals surface area contributed by atoms with Crippen molar-refractivity contribution in [1.82, 2.24) is 5.43 Å². The van der Waals surface area contributed by atoms with E-state index in [1.807, 2.05) is 0 Å². The molecule has 2 N–H and O–H groups in total. The summed E-state index contributed by atoms with van der Waals surface area (Å²) >= 11 is 3.33. The monoisotopic (exact) mass is 431 g/mol. The van der Waals surface area contributed by atoms with Gasteiger partial charge in [-0.2, -0.15) is 5.10 Å². The van der Waals surface area contributed by atoms with Crippen molar-refractivity contribution in [3.05, 3.63) is 58.3 Å². The van der Waals surface area contributed by atoms with E-state index in [1.165, 1.54) is 24.4 Å². The third-order valence-corrected chi connectivity index (χ3v) is 3.64. The molecule has 0 spiro atoms. The van der Waals surface area contributed by atoms with Gasteiger partial charge in [0.15, 0.2) is 0 Å². The summed E-state index contributed by atoms with van der Waals surface area (Å²) in [5, 5.41) is 6.12. The van der Waals surface area contributed by atoms with Crippen molar-refractivity contribution in [2.24, 2.45) is 5.10 Å². The minimum atomic E-state index is -0.659. The second-order valence-corrected chi connectivity index (χ2v) is 6.09. The number of anilines is 1. The number of carbonyl (C=O) groups is 2. The number of benzene rings is 2. The molecule has 0 aromatic heterocycles. The van der Waals surface area contributed by atoms with Crippen LogP contribution in [0.25, 0.3) is 0 Å². The SMILES string of the molecule is C#CCOc1ccc(Br)cc1C=NNC(=O)CC(=O)Nc1ccccc1F. The Morgan fingerprint density at radius 1 is 1.26 bits per heavy atom. The van der Waals surface area contributed by atoms with Crippen molar-refractivity contribution in [2.75, 3.05) is 11.9 Å². The highest BCUT2D eigenvalue weighted by Crippen LogP contribution is 2.21. The maximum atomic E-state index is 13.5. The molecule has 0 unspecified atom stereocenters. The number of ether oxygens (including phenoxy) is 1. The van der Waals surface area contributed by atoms with E-state index in [4.69, 9.17) is 11.2 Å². The first-order valence-corrected chi connectivity index (χ1v) is 8.51. The molecule has 0 saturated heterocycles. The summed E-state index contributed by atoms with van der Waals surface area (Å²) < 4.78 is 19.6. The van der Waals surface area contributed by atoms with Crippen LogP contribution in [0.5, 0.6) is 5.75 Å². The molecule has 2 rings (SSSR count). The molecule has 2 aromatic carbocycles. The number of terminal acetylenes is 1. The standard InChI is InChI=1S/C19H15BrFN3O3/c1-2-9-27-17-8-7-14(20)10-13(17)12-22-24-19(26)11-18(25)23-16-6-4-3-5-15(16)21/h1,3-8,10,12H,9,11H2,(H,23,25)(H,24,26). The summed E-state index contributed by atoms with van der Waals surface area (Å²) in [6.45, 7) is 0.0883. The molecule has 0 aliphatic carbocycles. The molecule has 27 heavy (non-hydrogen) atoms. The number of nitrogens with zero attached hydrogens (tertiary/aromatic N) is 1. The van der Waals surface area contributed by atoms with E-state index in [2.05, 4.69) is 37.7 Å². The molecule has 0 bridgehead atoms. The minimum Gasteiger partial charge on any atom is -0.480 e. The Kier molecular flexibility index (Phi) is 7.52. The lowest BCUT2D eigenvalue weighted by Gasteiger charge is -2.07. The fraction of sp³-hybridized carbons (Fsp3) is 0.105. The van der Waals surface area contributed by atoms with Gasteiger partial charge in [0.05, 0.1) is 11.9 Å². The van der Waals surface area contributed by atoms with Crippen LogP contribution in [-0.2, 0) is 9.59 Å². The summed E-state index contributed by atoms with van der Waals surface area (Å²) in [6.07, 6.45) is 6.03. The number of hydrogen-bond acceptors (Lipinski definition) is 4. The first-order chi connectivity index (χ1) is 13.0. The van der Waals surface area contributed by atoms with Crippen molar-refractivity contribution in [2.45, 2.75) is 6.42 Å². The Bertz CT molecular complexity index is 909. The van der Waals surface area contributed by atoms with Crippen molar-refractivity contribution < 1.29 is 18.7 Å². The zero-order valence-corrected chi connectivity index (χ0v) is 15.6. The smallest absolute Gasteiger partial charge is 0.249 e. The normalized spacial score (nSPS) is 10.3. The molecule has 0 saturated carbocycles. The van der Waals surface area contributed by atoms with Crippen molar-refractivity contribution in [3.8, 4) is 18.1 Å². The van der Waals surface area contributed by atoms with Crippen LogP contribution in [-0.4, -0.2) is 24.6 Å². The van der Waals surface area contributed by atoms with Crippen LogP contribution in [0.1, 0.15) is 12.0 Å². The number of nitrogens with one attached hydrogen (secondary N) is 2. The van der Waals surface area contributed by atoms with Gasteiger partial charge in [0.25, 0.3) is 0 Å². The molecule has 0 atom stereocenters. The topological polar surface area (TPSA) is 79.8 Å². The Hall–Kier alpha value is -3.18. The molecule has 138 valence electrons. The number of halogens is 2. The van der Waals surface area contributed by atoms with Gasteiger partial charge in [-0.05, 0) is 30.3 Å². The van der Waals surface area contributed by atoms with Gasteiger partial charge in [0.2, 0.25) is 11.8 Å². The van der Waals surface area contributed by atoms with Crippen LogP contribution >= 0.6 is 15.9 Å². The average Bonchev–Trinajstić information content (AvgIpc) is 2.63. The molecule has 2 amide bonds. The molecule has 0 aliphatic heterocycles. The predicted octanol–water partition coefficient (Wildman–Crippen LogP) is 3.08. The summed E-state index contributed by atoms with van der Waals surface area (Å²) in [5.74, 6) is 0.955. The van der Waals surface area contributed by atoms with E-state index >= 15 is 0 Å². The first-order valence-electron chi connectivity index (χ1n) is 7.71. The van der Waals surface area contributed by atoms with E-state index in [-0.39, 0.29) is 12.3 Å². The van der Waals surface area contributed by atoms with Gasteiger partial charge in [-0.1, -0.05) is 34.0 Å². The van der Waals surface area contributed by atoms with Gasteiger partial charge >= 0.3 is 0 Å². The average molecular weight is 432 g/mol. The maximum absolute atomic E-state index is 13.5. The molecule has 0 fully saturated rings. The lowest BCUT2D eigenvalue weighted by atomic mass is 10.2. The summed E-state index contributed by atoms with van der Waals surface area (Å²) in [7, 11) is 0. The largest absolute Gasteiger partial charge is 0.480 e. The Labute approximate surface area is 163 Å². The first kappa shape index (κ1) is 20.1. The van der Waals surface area contributed by atoms with Crippen molar-refractivity contribution in [1.29, 1.82) is 0 Å². The van der Waals surface area contributed by atoms with Crippen LogP contribution in [0.2, 0.25) is 0 Å². The predicted molar refractivity (Wildman–Crippen MR) is 104 cm³/mol. The number of hydrogen-bond donors (Lipinski definition) is 2. The van der Waals surface area contributed by atoms with Gasteiger partial charge in [-0.3, -0.25) is 9.59 Å². The van der Waals surface area contributed by atoms with E-state index in [0.717, 1.165) is 4.47 Å². The Balaban J connectivity index is 1.91. The number of hydrazone groups is 1. The highest BCUT2D eigenvalue weighted by molar-refractivity contribution is 9.10. The highest BCUT2D eigenvalue weighted by atomic mass is 79.9. The third kappa shape index (κ3) is 6.56. The van der Waals surface area contributed by atoms with Crippen molar-refractivity contribution in [3.63, 3.8) is 0 Å². The maximum Gasteiger partial charge on any atom is 0.249 e. The fourth-order valence-electron chi connectivity index (χ4n) is 1.99. The molecular formula is C19H15BrFN3O3. The number of para-hydroxylation sites is 1. The lowest BCUT2D eigenvalue weighted by Crippen LogP contribution is -2.25. The van der Waals surface area contributed by atoms with Gasteiger partial charge < -0.3 is 10.1 Å². The summed E-state index contributed by atoms with van der Waals surface area (Å²) in [6, 6.07) is 10.9. The molecule has 0 radical (unpaired) electrons. The molecule has 0 aliphatic rings. The van der Waals surface area contributed by atoms with Gasteiger partial charge in [-0.25, -0.2) is 9.82 Å². The van der Waals surface area contributed by atoms with E-state index in [0.29, 0.717) is 11.3 Å². The summed E-state index contributed by atoms with van der Waals surface area (Å²) in [5.41, 5.74) is 2.81. The zero-order chi connectivity index (χ0) is 19.6. The number of carbonyl (C=O) groups excluding carboxylic acids is 2. The number of amides is 2. The molecule has 8 heteroatoms. The van der Waals surface area contributed by atoms with Crippen molar-refractivity contribution >= 4 is 39.6 Å². The van der Waals surface area contributed by atoms with Gasteiger partial charge in [0.1, 0.15) is 24.6 Å². The summed E-state index contributed by atoms with van der Waals surface area (Å²) in [4.78, 5) is 23.6. The third-order valence-electron chi connectivity index (χ3n) is 3.14. The van der Waals surface area contributed by atoms with Crippen LogP contribution in [0.3, 0.4) is 0 Å². The van der Waals surface area contributed by atoms with E-state index in [9.17, 15) is 14.0 Å². The minimum absolute atomic E-state index is 0.00300. The Morgan fingerprint density at radius 2 is 2.04 bits per heavy atom. The highest BCUT2D eigenvalue weighted by Gasteiger charge is 2.11. The van der Waals surface area contributed by atoms with Crippen LogP contribution in [0, 0.1) is 18.2 Å². The quantitative estimate of drug-likeness (QED) is 0.306. The second-order valence-electron chi connectivity index (χ2n) is 5.17.